The first-order chi connectivity index (χ1) is 12.3. The van der Waals surface area contributed by atoms with Crippen molar-refractivity contribution in [3.8, 4) is 0 Å². The predicted molar refractivity (Wildman–Crippen MR) is 95.0 cm³/mol. The number of benzene rings is 2. The van der Waals surface area contributed by atoms with Gasteiger partial charge in [0.1, 0.15) is 12.2 Å². The molecule has 0 saturated heterocycles. The van der Waals surface area contributed by atoms with Crippen molar-refractivity contribution in [1.82, 2.24) is 0 Å². The van der Waals surface area contributed by atoms with Crippen LogP contribution in [0.15, 0.2) is 58.5 Å². The Morgan fingerprint density at radius 2 is 1.20 bits per heavy atom. The van der Waals surface area contributed by atoms with Crippen LogP contribution in [0.3, 0.4) is 0 Å². The van der Waals surface area contributed by atoms with Crippen LogP contribution in [0.4, 0.5) is 0 Å². The van der Waals surface area contributed by atoms with Crippen molar-refractivity contribution >= 4 is 11.8 Å². The van der Waals surface area contributed by atoms with Crippen LogP contribution in [-0.2, 0) is 22.3 Å². The van der Waals surface area contributed by atoms with Gasteiger partial charge in [0.2, 0.25) is 0 Å². The molecule has 4 nitrogen and oxygen atoms in total. The van der Waals surface area contributed by atoms with Gasteiger partial charge in [-0.3, -0.25) is 0 Å². The third kappa shape index (κ3) is 2.00. The number of rotatable bonds is 2. The van der Waals surface area contributed by atoms with E-state index in [1.54, 1.807) is 0 Å². The summed E-state index contributed by atoms with van der Waals surface area (Å²) in [6, 6.07) is 17.4. The van der Waals surface area contributed by atoms with E-state index in [-0.39, 0.29) is 24.3 Å². The highest BCUT2D eigenvalue weighted by Gasteiger charge is 2.42. The molecule has 4 unspecified atom stereocenters. The van der Waals surface area contributed by atoms with E-state index in [2.05, 4.69) is 48.5 Å². The quantitative estimate of drug-likeness (QED) is 0.845. The smallest absolute Gasteiger partial charge is 0.193 e. The lowest BCUT2D eigenvalue weighted by molar-refractivity contribution is 0.194. The second kappa shape index (κ2) is 4.94. The van der Waals surface area contributed by atoms with Crippen molar-refractivity contribution in [2.45, 2.75) is 43.6 Å². The van der Waals surface area contributed by atoms with Gasteiger partial charge in [-0.2, -0.15) is 0 Å². The number of aliphatic imine (C=N–C) groups is 2. The molecule has 4 aliphatic rings. The Hall–Kier alpha value is -2.62. The van der Waals surface area contributed by atoms with Gasteiger partial charge in [-0.05, 0) is 35.1 Å². The molecule has 2 aromatic carbocycles. The van der Waals surface area contributed by atoms with E-state index in [1.165, 1.54) is 22.3 Å². The van der Waals surface area contributed by atoms with Crippen LogP contribution in [0.2, 0.25) is 0 Å². The van der Waals surface area contributed by atoms with Crippen LogP contribution in [0.25, 0.3) is 0 Å². The highest BCUT2D eigenvalue weighted by Crippen LogP contribution is 2.42. The molecule has 0 spiro atoms. The zero-order valence-corrected chi connectivity index (χ0v) is 13.8. The van der Waals surface area contributed by atoms with Crippen LogP contribution in [0, 0.1) is 0 Å². The molecule has 0 bridgehead atoms. The molecule has 0 fully saturated rings. The molecule has 2 aliphatic heterocycles. The van der Waals surface area contributed by atoms with Gasteiger partial charge in [0.25, 0.3) is 0 Å². The average Bonchev–Trinajstić information content (AvgIpc) is 3.33. The van der Waals surface area contributed by atoms with Gasteiger partial charge in [0, 0.05) is 0 Å². The molecule has 0 aromatic heterocycles. The minimum atomic E-state index is 0.0772. The molecule has 2 aliphatic carbocycles. The van der Waals surface area contributed by atoms with E-state index < -0.39 is 0 Å². The minimum Gasteiger partial charge on any atom is -0.470 e. The Kier molecular flexibility index (Phi) is 2.70. The summed E-state index contributed by atoms with van der Waals surface area (Å²) in [5, 5.41) is 0. The lowest BCUT2D eigenvalue weighted by Gasteiger charge is -2.13. The van der Waals surface area contributed by atoms with Crippen LogP contribution in [0.5, 0.6) is 0 Å². The first kappa shape index (κ1) is 13.6. The third-order valence-corrected chi connectivity index (χ3v) is 5.73. The summed E-state index contributed by atoms with van der Waals surface area (Å²) in [5.74, 6) is 1.55. The van der Waals surface area contributed by atoms with Gasteiger partial charge in [-0.25, -0.2) is 9.98 Å². The van der Waals surface area contributed by atoms with Crippen molar-refractivity contribution in [3.63, 3.8) is 0 Å². The van der Waals surface area contributed by atoms with Crippen LogP contribution in [-0.4, -0.2) is 23.9 Å². The Labute approximate surface area is 146 Å². The van der Waals surface area contributed by atoms with Gasteiger partial charge in [-0.15, -0.1) is 0 Å². The standard InChI is InChI=1S/C21H18N2O2/c1-3-7-14-12(5-1)9-16-20(14)24-18(22-16)11-19-23-17-10-13-6-2-4-8-15(13)21(17)25-19/h1-8,16-17,20-21H,9-11H2. The SMILES string of the molecule is c1ccc2c(c1)CC1N=C(CC3=NC4Cc5ccccc5C4O3)OC21. The largest absolute Gasteiger partial charge is 0.470 e. The van der Waals surface area contributed by atoms with Crippen LogP contribution in [0.1, 0.15) is 40.9 Å². The topological polar surface area (TPSA) is 43.2 Å². The van der Waals surface area contributed by atoms with Crippen molar-refractivity contribution in [2.75, 3.05) is 0 Å². The highest BCUT2D eigenvalue weighted by molar-refractivity contribution is 5.98. The Bertz CT molecular complexity index is 857. The lowest BCUT2D eigenvalue weighted by Crippen LogP contribution is -2.12. The fourth-order valence-electron chi connectivity index (χ4n) is 4.61. The summed E-state index contributed by atoms with van der Waals surface area (Å²) in [4.78, 5) is 9.60. The van der Waals surface area contributed by atoms with Crippen LogP contribution < -0.4 is 0 Å². The third-order valence-electron chi connectivity index (χ3n) is 5.73. The predicted octanol–water partition coefficient (Wildman–Crippen LogP) is 3.57. The van der Waals surface area contributed by atoms with E-state index in [9.17, 15) is 0 Å². The fourth-order valence-corrected chi connectivity index (χ4v) is 4.61. The van der Waals surface area contributed by atoms with Gasteiger partial charge in [0.15, 0.2) is 11.8 Å². The molecule has 4 atom stereocenters. The molecule has 6 rings (SSSR count). The molecular weight excluding hydrogens is 312 g/mol. The maximum absolute atomic E-state index is 6.15. The molecular formula is C21H18N2O2. The summed E-state index contributed by atoms with van der Waals surface area (Å²) in [7, 11) is 0. The van der Waals surface area contributed by atoms with E-state index in [1.807, 2.05) is 0 Å². The molecule has 0 saturated carbocycles. The van der Waals surface area contributed by atoms with E-state index in [4.69, 9.17) is 19.5 Å². The van der Waals surface area contributed by atoms with E-state index in [0.29, 0.717) is 6.42 Å². The summed E-state index contributed by atoms with van der Waals surface area (Å²) in [6.07, 6.45) is 2.67. The normalized spacial score (nSPS) is 30.6. The zero-order chi connectivity index (χ0) is 16.4. The molecule has 0 N–H and O–H groups in total. The van der Waals surface area contributed by atoms with E-state index >= 15 is 0 Å². The second-order valence-electron chi connectivity index (χ2n) is 7.24. The summed E-state index contributed by atoms with van der Waals surface area (Å²) < 4.78 is 12.3. The molecule has 124 valence electrons. The first-order valence-electron chi connectivity index (χ1n) is 8.97. The van der Waals surface area contributed by atoms with Gasteiger partial charge in [0.05, 0.1) is 18.5 Å². The molecule has 2 aromatic rings. The average molecular weight is 330 g/mol. The first-order valence-corrected chi connectivity index (χ1v) is 8.97. The van der Waals surface area contributed by atoms with Crippen LogP contribution >= 0.6 is 0 Å². The fraction of sp³-hybridized carbons (Fsp3) is 0.333. The van der Waals surface area contributed by atoms with E-state index in [0.717, 1.165) is 24.6 Å². The summed E-state index contributed by atoms with van der Waals surface area (Å²) in [5.41, 5.74) is 5.29. The zero-order valence-electron chi connectivity index (χ0n) is 13.8. The number of nitrogens with zero attached hydrogens (tertiary/aromatic N) is 2. The maximum atomic E-state index is 6.15. The Balaban J connectivity index is 1.19. The van der Waals surface area contributed by atoms with Gasteiger partial charge in [-0.1, -0.05) is 48.5 Å². The molecule has 0 amide bonds. The molecule has 25 heavy (non-hydrogen) atoms. The molecule has 0 radical (unpaired) electrons. The number of ether oxygens (including phenoxy) is 2. The number of hydrogen-bond donors (Lipinski definition) is 0. The molecule has 2 heterocycles. The van der Waals surface area contributed by atoms with Gasteiger partial charge >= 0.3 is 0 Å². The summed E-state index contributed by atoms with van der Waals surface area (Å²) >= 11 is 0. The maximum Gasteiger partial charge on any atom is 0.193 e. The molecule has 4 heteroatoms. The Morgan fingerprint density at radius 1 is 0.720 bits per heavy atom. The summed E-state index contributed by atoms with van der Waals surface area (Å²) in [6.45, 7) is 0. The van der Waals surface area contributed by atoms with Crippen molar-refractivity contribution in [2.24, 2.45) is 9.98 Å². The van der Waals surface area contributed by atoms with Gasteiger partial charge < -0.3 is 9.47 Å². The van der Waals surface area contributed by atoms with Crippen molar-refractivity contribution in [1.29, 1.82) is 0 Å². The highest BCUT2D eigenvalue weighted by atomic mass is 16.5. The minimum absolute atomic E-state index is 0.0772. The second-order valence-corrected chi connectivity index (χ2v) is 7.24. The number of fused-ring (bicyclic) bond motifs is 6. The monoisotopic (exact) mass is 330 g/mol. The van der Waals surface area contributed by atoms with Crippen molar-refractivity contribution < 1.29 is 9.47 Å². The number of hydrogen-bond acceptors (Lipinski definition) is 4. The van der Waals surface area contributed by atoms with Crippen molar-refractivity contribution in [3.05, 3.63) is 70.8 Å². The lowest BCUT2D eigenvalue weighted by atomic mass is 10.1. The Morgan fingerprint density at radius 3 is 1.72 bits per heavy atom.